The van der Waals surface area contributed by atoms with Crippen LogP contribution in [0.4, 0.5) is 0 Å². The molecule has 0 spiro atoms. The second-order valence-electron chi connectivity index (χ2n) is 7.09. The van der Waals surface area contributed by atoms with Crippen LogP contribution in [0.25, 0.3) is 10.6 Å². The number of nitrogens with zero attached hydrogens (tertiary/aromatic N) is 2. The van der Waals surface area contributed by atoms with Gasteiger partial charge < -0.3 is 10.2 Å². The van der Waals surface area contributed by atoms with Crippen molar-refractivity contribution in [3.63, 3.8) is 0 Å². The van der Waals surface area contributed by atoms with Gasteiger partial charge >= 0.3 is 0 Å². The molecule has 2 amide bonds. The van der Waals surface area contributed by atoms with Crippen LogP contribution in [0.3, 0.4) is 0 Å². The van der Waals surface area contributed by atoms with Gasteiger partial charge in [0, 0.05) is 31.6 Å². The third kappa shape index (κ3) is 4.71. The predicted octanol–water partition coefficient (Wildman–Crippen LogP) is 3.91. The minimum Gasteiger partial charge on any atom is -0.351 e. The van der Waals surface area contributed by atoms with E-state index in [-0.39, 0.29) is 11.8 Å². The molecule has 1 aliphatic rings. The zero-order valence-corrected chi connectivity index (χ0v) is 17.0. The third-order valence-corrected chi connectivity index (χ3v) is 6.13. The Morgan fingerprint density at radius 1 is 1.03 bits per heavy atom. The fraction of sp³-hybridized carbons (Fsp3) is 0.261. The molecule has 3 aromatic rings. The van der Waals surface area contributed by atoms with Crippen LogP contribution in [-0.4, -0.2) is 34.8 Å². The standard InChI is InChI=1S/C23H23N3O2S/c27-21(26-14-12-17-7-4-5-10-19(17)16-26)11-6-13-24-22(28)20-15-25-23(29-20)18-8-2-1-3-9-18/h1-5,7-10,15H,6,11-14,16H2,(H,24,28). The van der Waals surface area contributed by atoms with Crippen molar-refractivity contribution < 1.29 is 9.59 Å². The molecule has 6 heteroatoms. The van der Waals surface area contributed by atoms with Crippen molar-refractivity contribution >= 4 is 23.2 Å². The van der Waals surface area contributed by atoms with Gasteiger partial charge in [-0.3, -0.25) is 9.59 Å². The number of amides is 2. The maximum atomic E-state index is 12.5. The predicted molar refractivity (Wildman–Crippen MR) is 115 cm³/mol. The Balaban J connectivity index is 1.22. The fourth-order valence-corrected chi connectivity index (χ4v) is 4.33. The van der Waals surface area contributed by atoms with E-state index in [4.69, 9.17) is 0 Å². The molecule has 0 unspecified atom stereocenters. The highest BCUT2D eigenvalue weighted by Gasteiger charge is 2.20. The SMILES string of the molecule is O=C(NCCCC(=O)N1CCc2ccccc2C1)c1cnc(-c2ccccc2)s1. The van der Waals surface area contributed by atoms with Gasteiger partial charge in [0.05, 0.1) is 6.20 Å². The Kier molecular flexibility index (Phi) is 6.00. The summed E-state index contributed by atoms with van der Waals surface area (Å²) in [6.45, 7) is 1.93. The molecule has 1 N–H and O–H groups in total. The van der Waals surface area contributed by atoms with E-state index in [1.807, 2.05) is 47.4 Å². The van der Waals surface area contributed by atoms with Crippen molar-refractivity contribution in [2.75, 3.05) is 13.1 Å². The molecule has 2 aromatic carbocycles. The van der Waals surface area contributed by atoms with Gasteiger partial charge in [-0.1, -0.05) is 54.6 Å². The quantitative estimate of drug-likeness (QED) is 0.633. The lowest BCUT2D eigenvalue weighted by Gasteiger charge is -2.29. The first-order chi connectivity index (χ1) is 14.2. The van der Waals surface area contributed by atoms with Crippen LogP contribution < -0.4 is 5.32 Å². The molecule has 5 nitrogen and oxygen atoms in total. The lowest BCUT2D eigenvalue weighted by Crippen LogP contribution is -2.36. The lowest BCUT2D eigenvalue weighted by atomic mass is 9.99. The molecule has 148 valence electrons. The molecule has 0 atom stereocenters. The molecule has 0 aliphatic carbocycles. The number of carbonyl (C=O) groups excluding carboxylic acids is 2. The van der Waals surface area contributed by atoms with Crippen molar-refractivity contribution in [3.8, 4) is 10.6 Å². The number of rotatable bonds is 6. The van der Waals surface area contributed by atoms with E-state index in [2.05, 4.69) is 22.4 Å². The minimum atomic E-state index is -0.135. The maximum absolute atomic E-state index is 12.5. The van der Waals surface area contributed by atoms with E-state index in [0.29, 0.717) is 30.8 Å². The highest BCUT2D eigenvalue weighted by molar-refractivity contribution is 7.16. The van der Waals surface area contributed by atoms with Gasteiger partial charge in [-0.2, -0.15) is 0 Å². The summed E-state index contributed by atoms with van der Waals surface area (Å²) in [5.74, 6) is 0.0157. The van der Waals surface area contributed by atoms with E-state index < -0.39 is 0 Å². The molecular weight excluding hydrogens is 382 g/mol. The Labute approximate surface area is 174 Å². The van der Waals surface area contributed by atoms with Crippen LogP contribution in [0.5, 0.6) is 0 Å². The van der Waals surface area contributed by atoms with E-state index in [1.54, 1.807) is 6.20 Å². The van der Waals surface area contributed by atoms with Crippen LogP contribution in [0.1, 0.15) is 33.6 Å². The molecule has 0 saturated heterocycles. The van der Waals surface area contributed by atoms with Crippen LogP contribution in [0, 0.1) is 0 Å². The Morgan fingerprint density at radius 2 is 1.79 bits per heavy atom. The minimum absolute atomic E-state index is 0.135. The average molecular weight is 406 g/mol. The zero-order valence-electron chi connectivity index (χ0n) is 16.1. The summed E-state index contributed by atoms with van der Waals surface area (Å²) in [7, 11) is 0. The zero-order chi connectivity index (χ0) is 20.1. The number of carbonyl (C=O) groups is 2. The average Bonchev–Trinajstić information content (AvgIpc) is 3.27. The summed E-state index contributed by atoms with van der Waals surface area (Å²) >= 11 is 1.38. The fourth-order valence-electron chi connectivity index (χ4n) is 3.49. The van der Waals surface area contributed by atoms with Crippen LogP contribution in [0.15, 0.2) is 60.8 Å². The van der Waals surface area contributed by atoms with Crippen molar-refractivity contribution in [2.45, 2.75) is 25.8 Å². The van der Waals surface area contributed by atoms with Gasteiger partial charge in [-0.25, -0.2) is 4.98 Å². The van der Waals surface area contributed by atoms with Crippen LogP contribution >= 0.6 is 11.3 Å². The summed E-state index contributed by atoms with van der Waals surface area (Å²) in [4.78, 5) is 31.7. The highest BCUT2D eigenvalue weighted by atomic mass is 32.1. The van der Waals surface area contributed by atoms with Crippen molar-refractivity contribution in [2.24, 2.45) is 0 Å². The van der Waals surface area contributed by atoms with Crippen molar-refractivity contribution in [1.29, 1.82) is 0 Å². The van der Waals surface area contributed by atoms with Crippen LogP contribution in [-0.2, 0) is 17.8 Å². The van der Waals surface area contributed by atoms with E-state index in [0.717, 1.165) is 23.5 Å². The third-order valence-electron chi connectivity index (χ3n) is 5.09. The van der Waals surface area contributed by atoms with E-state index in [9.17, 15) is 9.59 Å². The second kappa shape index (κ2) is 9.01. The molecule has 29 heavy (non-hydrogen) atoms. The Morgan fingerprint density at radius 3 is 2.62 bits per heavy atom. The number of benzene rings is 2. The summed E-state index contributed by atoms with van der Waals surface area (Å²) in [6.07, 6.45) is 3.60. The molecule has 2 heterocycles. The number of aromatic nitrogens is 1. The Bertz CT molecular complexity index is 1000. The molecule has 0 fully saturated rings. The largest absolute Gasteiger partial charge is 0.351 e. The van der Waals surface area contributed by atoms with Gasteiger partial charge in [-0.05, 0) is 24.0 Å². The summed E-state index contributed by atoms with van der Waals surface area (Å²) in [5.41, 5.74) is 3.58. The monoisotopic (exact) mass is 405 g/mol. The van der Waals surface area contributed by atoms with E-state index >= 15 is 0 Å². The lowest BCUT2D eigenvalue weighted by molar-refractivity contribution is -0.132. The molecule has 4 rings (SSSR count). The summed E-state index contributed by atoms with van der Waals surface area (Å²) in [5, 5.41) is 3.73. The highest BCUT2D eigenvalue weighted by Crippen LogP contribution is 2.24. The smallest absolute Gasteiger partial charge is 0.263 e. The molecule has 1 aliphatic heterocycles. The summed E-state index contributed by atoms with van der Waals surface area (Å²) in [6, 6.07) is 18.1. The van der Waals surface area contributed by atoms with Gasteiger partial charge in [-0.15, -0.1) is 11.3 Å². The molecule has 0 radical (unpaired) electrons. The van der Waals surface area contributed by atoms with Crippen molar-refractivity contribution in [1.82, 2.24) is 15.2 Å². The molecular formula is C23H23N3O2S. The van der Waals surface area contributed by atoms with Gasteiger partial charge in [0.25, 0.3) is 5.91 Å². The maximum Gasteiger partial charge on any atom is 0.263 e. The first-order valence-electron chi connectivity index (χ1n) is 9.85. The number of thiazole rings is 1. The number of nitrogens with one attached hydrogen (secondary N) is 1. The summed E-state index contributed by atoms with van der Waals surface area (Å²) < 4.78 is 0. The molecule has 1 aromatic heterocycles. The number of hydrogen-bond donors (Lipinski definition) is 1. The second-order valence-corrected chi connectivity index (χ2v) is 8.12. The topological polar surface area (TPSA) is 62.3 Å². The van der Waals surface area contributed by atoms with Gasteiger partial charge in [0.2, 0.25) is 5.91 Å². The number of fused-ring (bicyclic) bond motifs is 1. The van der Waals surface area contributed by atoms with E-state index in [1.165, 1.54) is 22.5 Å². The Hall–Kier alpha value is -2.99. The first-order valence-corrected chi connectivity index (χ1v) is 10.7. The molecule has 0 bridgehead atoms. The first kappa shape index (κ1) is 19.3. The van der Waals surface area contributed by atoms with Gasteiger partial charge in [0.1, 0.15) is 9.88 Å². The normalized spacial score (nSPS) is 13.0. The van der Waals surface area contributed by atoms with Gasteiger partial charge in [0.15, 0.2) is 0 Å². The van der Waals surface area contributed by atoms with Crippen LogP contribution in [0.2, 0.25) is 0 Å². The number of hydrogen-bond acceptors (Lipinski definition) is 4. The molecule has 0 saturated carbocycles. The van der Waals surface area contributed by atoms with Crippen molar-refractivity contribution in [3.05, 3.63) is 76.8 Å².